The van der Waals surface area contributed by atoms with Crippen molar-refractivity contribution in [2.24, 2.45) is 5.92 Å². The Morgan fingerprint density at radius 2 is 2.00 bits per heavy atom. The molecule has 140 valence electrons. The van der Waals surface area contributed by atoms with E-state index in [1.165, 1.54) is 17.3 Å². The highest BCUT2D eigenvalue weighted by molar-refractivity contribution is 8.00. The molecule has 1 aliphatic rings. The van der Waals surface area contributed by atoms with Crippen molar-refractivity contribution in [3.05, 3.63) is 52.2 Å². The van der Waals surface area contributed by atoms with Crippen LogP contribution < -0.4 is 5.32 Å². The van der Waals surface area contributed by atoms with Crippen LogP contribution in [0, 0.1) is 31.1 Å². The van der Waals surface area contributed by atoms with Gasteiger partial charge < -0.3 is 5.32 Å². The Morgan fingerprint density at radius 1 is 1.30 bits per heavy atom. The summed E-state index contributed by atoms with van der Waals surface area (Å²) in [6.45, 7) is 8.11. The third-order valence-electron chi connectivity index (χ3n) is 4.87. The van der Waals surface area contributed by atoms with Gasteiger partial charge in [0.25, 0.3) is 0 Å². The fourth-order valence-corrected chi connectivity index (χ4v) is 4.40. The summed E-state index contributed by atoms with van der Waals surface area (Å²) in [5.41, 5.74) is 5.86. The fourth-order valence-electron chi connectivity index (χ4n) is 3.51. The van der Waals surface area contributed by atoms with Gasteiger partial charge in [0.1, 0.15) is 11.1 Å². The number of nitrogens with one attached hydrogen (secondary N) is 1. The number of benzene rings is 1. The second kappa shape index (κ2) is 8.14. The van der Waals surface area contributed by atoms with Gasteiger partial charge in [-0.2, -0.15) is 5.26 Å². The van der Waals surface area contributed by atoms with Crippen LogP contribution in [-0.4, -0.2) is 16.1 Å². The molecule has 1 N–H and O–H groups in total. The van der Waals surface area contributed by atoms with Gasteiger partial charge in [-0.15, -0.1) is 0 Å². The summed E-state index contributed by atoms with van der Waals surface area (Å²) in [5.74, 6) is 0.550. The molecule has 0 fully saturated rings. The largest absolute Gasteiger partial charge is 0.325 e. The minimum Gasteiger partial charge on any atom is -0.325 e. The minimum atomic E-state index is -0.342. The van der Waals surface area contributed by atoms with Crippen molar-refractivity contribution in [3.8, 4) is 6.07 Å². The number of aryl methyl sites for hydroxylation is 3. The van der Waals surface area contributed by atoms with E-state index in [-0.39, 0.29) is 11.2 Å². The van der Waals surface area contributed by atoms with E-state index in [2.05, 4.69) is 24.4 Å². The number of carbonyl (C=O) groups excluding carboxylic acids is 1. The van der Waals surface area contributed by atoms with Crippen LogP contribution in [0.4, 0.5) is 5.69 Å². The van der Waals surface area contributed by atoms with Crippen molar-refractivity contribution in [1.82, 2.24) is 4.98 Å². The molecule has 2 atom stereocenters. The van der Waals surface area contributed by atoms with E-state index < -0.39 is 0 Å². The SMILES string of the molecule is Cc1cc(C)cc(NC(=O)C(C)Sc2nc3c(cc2C#N)CC(C)CC3)c1. The van der Waals surface area contributed by atoms with E-state index in [0.29, 0.717) is 16.5 Å². The summed E-state index contributed by atoms with van der Waals surface area (Å²) in [4.78, 5) is 17.4. The lowest BCUT2D eigenvalue weighted by Crippen LogP contribution is -2.23. The van der Waals surface area contributed by atoms with E-state index in [1.54, 1.807) is 0 Å². The highest BCUT2D eigenvalue weighted by Gasteiger charge is 2.22. The molecule has 1 aromatic carbocycles. The highest BCUT2D eigenvalue weighted by atomic mass is 32.2. The predicted octanol–water partition coefficient (Wildman–Crippen LogP) is 4.81. The molecule has 0 bridgehead atoms. The molecule has 0 aliphatic heterocycles. The quantitative estimate of drug-likeness (QED) is 0.774. The average molecular weight is 380 g/mol. The van der Waals surface area contributed by atoms with Gasteiger partial charge in [0.2, 0.25) is 5.91 Å². The molecule has 2 unspecified atom stereocenters. The van der Waals surface area contributed by atoms with Crippen LogP contribution in [0.3, 0.4) is 0 Å². The fraction of sp³-hybridized carbons (Fsp3) is 0.409. The number of fused-ring (bicyclic) bond motifs is 1. The van der Waals surface area contributed by atoms with Crippen LogP contribution in [-0.2, 0) is 17.6 Å². The topological polar surface area (TPSA) is 65.8 Å². The summed E-state index contributed by atoms with van der Waals surface area (Å²) < 4.78 is 0. The number of hydrogen-bond acceptors (Lipinski definition) is 4. The lowest BCUT2D eigenvalue weighted by Gasteiger charge is -2.22. The first-order valence-corrected chi connectivity index (χ1v) is 10.2. The third-order valence-corrected chi connectivity index (χ3v) is 5.97. The van der Waals surface area contributed by atoms with Crippen LogP contribution in [0.15, 0.2) is 29.3 Å². The first-order chi connectivity index (χ1) is 12.9. The maximum absolute atomic E-state index is 12.6. The molecule has 27 heavy (non-hydrogen) atoms. The normalized spacial score (nSPS) is 16.9. The minimum absolute atomic E-state index is 0.0815. The Labute approximate surface area is 165 Å². The summed E-state index contributed by atoms with van der Waals surface area (Å²) in [7, 11) is 0. The maximum Gasteiger partial charge on any atom is 0.237 e. The number of nitriles is 1. The smallest absolute Gasteiger partial charge is 0.237 e. The first kappa shape index (κ1) is 19.4. The van der Waals surface area contributed by atoms with Crippen molar-refractivity contribution in [1.29, 1.82) is 5.26 Å². The number of thioether (sulfide) groups is 1. The molecular formula is C22H25N3OS. The zero-order valence-electron chi connectivity index (χ0n) is 16.3. The van der Waals surface area contributed by atoms with Crippen molar-refractivity contribution in [2.45, 2.75) is 57.2 Å². The van der Waals surface area contributed by atoms with E-state index >= 15 is 0 Å². The van der Waals surface area contributed by atoms with Gasteiger partial charge in [-0.3, -0.25) is 4.79 Å². The van der Waals surface area contributed by atoms with Gasteiger partial charge >= 0.3 is 0 Å². The Kier molecular flexibility index (Phi) is 5.86. The maximum atomic E-state index is 12.6. The van der Waals surface area contributed by atoms with Crippen molar-refractivity contribution in [2.75, 3.05) is 5.32 Å². The molecule has 0 spiro atoms. The number of aromatic nitrogens is 1. The second-order valence-corrected chi connectivity index (χ2v) is 8.86. The van der Waals surface area contributed by atoms with Crippen LogP contribution in [0.2, 0.25) is 0 Å². The number of carbonyl (C=O) groups is 1. The number of nitrogens with zero attached hydrogens (tertiary/aromatic N) is 2. The Bertz CT molecular complexity index is 896. The van der Waals surface area contributed by atoms with Gasteiger partial charge in [-0.25, -0.2) is 4.98 Å². The zero-order chi connectivity index (χ0) is 19.6. The molecule has 5 heteroatoms. The lowest BCUT2D eigenvalue weighted by molar-refractivity contribution is -0.115. The second-order valence-electron chi connectivity index (χ2n) is 7.53. The molecular weight excluding hydrogens is 354 g/mol. The van der Waals surface area contributed by atoms with Gasteiger partial charge in [0.05, 0.1) is 10.8 Å². The highest BCUT2D eigenvalue weighted by Crippen LogP contribution is 2.31. The first-order valence-electron chi connectivity index (χ1n) is 9.34. The number of hydrogen-bond donors (Lipinski definition) is 1. The predicted molar refractivity (Wildman–Crippen MR) is 110 cm³/mol. The van der Waals surface area contributed by atoms with E-state index in [1.807, 2.05) is 39.0 Å². The van der Waals surface area contributed by atoms with Crippen molar-refractivity contribution >= 4 is 23.4 Å². The molecule has 1 aliphatic carbocycles. The summed E-state index contributed by atoms with van der Waals surface area (Å²) in [5, 5.41) is 12.8. The summed E-state index contributed by atoms with van der Waals surface area (Å²) in [6.07, 6.45) is 3.04. The molecule has 0 saturated heterocycles. The Balaban J connectivity index is 1.76. The monoisotopic (exact) mass is 379 g/mol. The molecule has 3 rings (SSSR count). The molecule has 1 aromatic heterocycles. The Hall–Kier alpha value is -2.32. The third kappa shape index (κ3) is 4.70. The van der Waals surface area contributed by atoms with Gasteiger partial charge in [0, 0.05) is 11.4 Å². The number of pyridine rings is 1. The molecule has 0 saturated carbocycles. The molecule has 1 amide bonds. The number of anilines is 1. The van der Waals surface area contributed by atoms with Gasteiger partial charge in [-0.05, 0) is 80.8 Å². The van der Waals surface area contributed by atoms with Crippen LogP contribution >= 0.6 is 11.8 Å². The van der Waals surface area contributed by atoms with Crippen molar-refractivity contribution in [3.63, 3.8) is 0 Å². The number of rotatable bonds is 4. The molecule has 4 nitrogen and oxygen atoms in total. The van der Waals surface area contributed by atoms with Crippen LogP contribution in [0.25, 0.3) is 0 Å². The number of amides is 1. The molecule has 2 aromatic rings. The van der Waals surface area contributed by atoms with E-state index in [4.69, 9.17) is 4.98 Å². The molecule has 0 radical (unpaired) electrons. The van der Waals surface area contributed by atoms with E-state index in [0.717, 1.165) is 41.8 Å². The van der Waals surface area contributed by atoms with Crippen LogP contribution in [0.5, 0.6) is 0 Å². The van der Waals surface area contributed by atoms with Gasteiger partial charge in [0.15, 0.2) is 0 Å². The van der Waals surface area contributed by atoms with Crippen LogP contribution in [0.1, 0.15) is 48.2 Å². The van der Waals surface area contributed by atoms with Crippen molar-refractivity contribution < 1.29 is 4.79 Å². The average Bonchev–Trinajstić information content (AvgIpc) is 2.60. The zero-order valence-corrected chi connectivity index (χ0v) is 17.1. The summed E-state index contributed by atoms with van der Waals surface area (Å²) in [6, 6.07) is 10.2. The van der Waals surface area contributed by atoms with E-state index in [9.17, 15) is 10.1 Å². The Morgan fingerprint density at radius 3 is 2.67 bits per heavy atom. The summed E-state index contributed by atoms with van der Waals surface area (Å²) >= 11 is 1.36. The lowest BCUT2D eigenvalue weighted by atomic mass is 9.87. The standard InChI is InChI=1S/C22H25N3OS/c1-13-5-6-20-17(8-13)11-18(12-23)22(25-20)27-16(4)21(26)24-19-9-14(2)7-15(3)10-19/h7,9-11,13,16H,5-6,8H2,1-4H3,(H,24,26). The van der Waals surface area contributed by atoms with Gasteiger partial charge in [-0.1, -0.05) is 24.8 Å². The molecule has 1 heterocycles.